The van der Waals surface area contributed by atoms with Crippen molar-refractivity contribution in [1.82, 2.24) is 25.5 Å². The minimum absolute atomic E-state index is 0.0469. The maximum Gasteiger partial charge on any atom is 0.223 e. The number of amides is 1. The van der Waals surface area contributed by atoms with Gasteiger partial charge in [0.05, 0.1) is 12.1 Å². The van der Waals surface area contributed by atoms with Crippen LogP contribution in [0.1, 0.15) is 43.5 Å². The third-order valence-electron chi connectivity index (χ3n) is 5.08. The molecule has 2 aromatic rings. The summed E-state index contributed by atoms with van der Waals surface area (Å²) in [6.45, 7) is 0.602. The van der Waals surface area contributed by atoms with Crippen LogP contribution in [0.15, 0.2) is 54.6 Å². The lowest BCUT2D eigenvalue weighted by Crippen LogP contribution is -2.42. The summed E-state index contributed by atoms with van der Waals surface area (Å²) in [6, 6.07) is 9.99. The molecule has 7 heteroatoms. The van der Waals surface area contributed by atoms with Gasteiger partial charge < -0.3 is 10.0 Å². The van der Waals surface area contributed by atoms with Gasteiger partial charge in [-0.2, -0.15) is 5.21 Å². The maximum atomic E-state index is 12.4. The number of hydrogen-bond donors (Lipinski definition) is 2. The Morgan fingerprint density at radius 3 is 2.93 bits per heavy atom. The van der Waals surface area contributed by atoms with Crippen molar-refractivity contribution in [2.75, 3.05) is 6.54 Å². The molecule has 1 fully saturated rings. The van der Waals surface area contributed by atoms with Crippen LogP contribution < -0.4 is 0 Å². The van der Waals surface area contributed by atoms with Gasteiger partial charge in [0.1, 0.15) is 0 Å². The zero-order valence-electron chi connectivity index (χ0n) is 16.7. The summed E-state index contributed by atoms with van der Waals surface area (Å²) in [5.74, 6) is 0.906. The van der Waals surface area contributed by atoms with E-state index in [0.717, 1.165) is 43.5 Å². The van der Waals surface area contributed by atoms with Crippen LogP contribution in [-0.4, -0.2) is 55.2 Å². The van der Waals surface area contributed by atoms with Crippen molar-refractivity contribution in [2.24, 2.45) is 0 Å². The number of nitrogens with one attached hydrogen (secondary N) is 1. The predicted octanol–water partition coefficient (Wildman–Crippen LogP) is 2.62. The zero-order valence-corrected chi connectivity index (χ0v) is 16.7. The van der Waals surface area contributed by atoms with Gasteiger partial charge in [-0.3, -0.25) is 4.79 Å². The van der Waals surface area contributed by atoms with Gasteiger partial charge in [-0.05, 0) is 31.2 Å². The number of aryl methyl sites for hydroxylation is 1. The Balaban J connectivity index is 1.46. The van der Waals surface area contributed by atoms with Gasteiger partial charge in [0, 0.05) is 25.8 Å². The number of nitrogens with zero attached hydrogens (tertiary/aromatic N) is 4. The van der Waals surface area contributed by atoms with Crippen molar-refractivity contribution in [3.63, 3.8) is 0 Å². The van der Waals surface area contributed by atoms with Crippen LogP contribution in [0.5, 0.6) is 0 Å². The van der Waals surface area contributed by atoms with Crippen LogP contribution in [0.25, 0.3) is 0 Å². The van der Waals surface area contributed by atoms with Gasteiger partial charge >= 0.3 is 0 Å². The molecule has 1 aromatic heterocycles. The molecule has 7 nitrogen and oxygen atoms in total. The Bertz CT molecular complexity index is 789. The first-order chi connectivity index (χ1) is 14.2. The summed E-state index contributed by atoms with van der Waals surface area (Å²) in [7, 11) is 0. The molecule has 154 valence electrons. The molecule has 1 aromatic carbocycles. The summed E-state index contributed by atoms with van der Waals surface area (Å²) < 4.78 is 0. The molecule has 0 saturated carbocycles. The first kappa shape index (κ1) is 20.9. The molecule has 0 spiro atoms. The highest BCUT2D eigenvalue weighted by Gasteiger charge is 2.25. The standard InChI is InChI=1S/C22H29N5O2/c28-20(17-18-9-4-3-5-10-18)15-14-19-11-8-13-22(29)27(19)16-7-2-1-6-12-21-23-25-26-24-21/h2-5,7,9-10,14-15,19-20,28H,1,6,8,11-13,16-17H2,(H,23,24,25,26)/b7-2-,15-14+/t19-,20?/m1/s1. The number of allylic oxidation sites excluding steroid dienone is 1. The second kappa shape index (κ2) is 11.3. The largest absolute Gasteiger partial charge is 0.389 e. The van der Waals surface area contributed by atoms with E-state index in [0.29, 0.717) is 19.4 Å². The summed E-state index contributed by atoms with van der Waals surface area (Å²) in [6.07, 6.45) is 13.1. The van der Waals surface area contributed by atoms with Gasteiger partial charge in [-0.25, -0.2) is 0 Å². The van der Waals surface area contributed by atoms with Crippen LogP contribution >= 0.6 is 0 Å². The number of tetrazole rings is 1. The topological polar surface area (TPSA) is 95.0 Å². The van der Waals surface area contributed by atoms with Gasteiger partial charge in [0.2, 0.25) is 5.91 Å². The molecule has 1 aliphatic heterocycles. The number of aliphatic hydroxyl groups excluding tert-OH is 1. The van der Waals surface area contributed by atoms with Crippen LogP contribution in [0.4, 0.5) is 0 Å². The molecule has 2 N–H and O–H groups in total. The number of benzene rings is 1. The maximum absolute atomic E-state index is 12.4. The fraction of sp³-hybridized carbons (Fsp3) is 0.455. The highest BCUT2D eigenvalue weighted by molar-refractivity contribution is 5.77. The van der Waals surface area contributed by atoms with Crippen molar-refractivity contribution in [2.45, 2.75) is 57.1 Å². The Morgan fingerprint density at radius 2 is 2.14 bits per heavy atom. The predicted molar refractivity (Wildman–Crippen MR) is 111 cm³/mol. The number of piperidine rings is 1. The number of aliphatic hydroxyl groups is 1. The van der Waals surface area contributed by atoms with E-state index in [9.17, 15) is 9.90 Å². The lowest BCUT2D eigenvalue weighted by atomic mass is 9.99. The Morgan fingerprint density at radius 1 is 1.28 bits per heavy atom. The smallest absolute Gasteiger partial charge is 0.223 e. The van der Waals surface area contributed by atoms with E-state index in [1.807, 2.05) is 47.4 Å². The quantitative estimate of drug-likeness (QED) is 0.476. The van der Waals surface area contributed by atoms with E-state index >= 15 is 0 Å². The summed E-state index contributed by atoms with van der Waals surface area (Å²) in [4.78, 5) is 14.3. The fourth-order valence-electron chi connectivity index (χ4n) is 3.54. The first-order valence-corrected chi connectivity index (χ1v) is 10.3. The van der Waals surface area contributed by atoms with Crippen LogP contribution in [0.3, 0.4) is 0 Å². The SMILES string of the molecule is O=C1CCC[C@H](/C=C/C(O)Cc2ccccc2)N1C/C=C\CCCc1nn[nH]n1. The zero-order chi connectivity index (χ0) is 20.3. The van der Waals surface area contributed by atoms with Crippen LogP contribution in [0.2, 0.25) is 0 Å². The number of H-pyrrole nitrogens is 1. The molecule has 0 radical (unpaired) electrons. The molecule has 0 aliphatic carbocycles. The number of unbranched alkanes of at least 4 members (excludes halogenated alkanes) is 1. The molecule has 2 heterocycles. The minimum atomic E-state index is -0.544. The van der Waals surface area contributed by atoms with E-state index < -0.39 is 6.10 Å². The molecule has 1 aliphatic rings. The van der Waals surface area contributed by atoms with Crippen molar-refractivity contribution in [3.05, 3.63) is 66.0 Å². The summed E-state index contributed by atoms with van der Waals surface area (Å²) >= 11 is 0. The second-order valence-corrected chi connectivity index (χ2v) is 7.34. The molecule has 1 amide bonds. The molecule has 1 saturated heterocycles. The van der Waals surface area contributed by atoms with E-state index in [4.69, 9.17) is 0 Å². The van der Waals surface area contributed by atoms with E-state index in [2.05, 4.69) is 32.8 Å². The number of aromatic amines is 1. The number of hydrogen-bond acceptors (Lipinski definition) is 5. The number of aromatic nitrogens is 4. The average Bonchev–Trinajstić information content (AvgIpc) is 3.24. The molecule has 29 heavy (non-hydrogen) atoms. The average molecular weight is 396 g/mol. The first-order valence-electron chi connectivity index (χ1n) is 10.3. The highest BCUT2D eigenvalue weighted by Crippen LogP contribution is 2.20. The van der Waals surface area contributed by atoms with Crippen molar-refractivity contribution < 1.29 is 9.90 Å². The third kappa shape index (κ3) is 6.94. The molecular weight excluding hydrogens is 366 g/mol. The monoisotopic (exact) mass is 395 g/mol. The van der Waals surface area contributed by atoms with E-state index in [1.54, 1.807) is 0 Å². The Kier molecular flexibility index (Phi) is 8.12. The summed E-state index contributed by atoms with van der Waals surface area (Å²) in [5.41, 5.74) is 1.10. The van der Waals surface area contributed by atoms with Gasteiger partial charge in [0.15, 0.2) is 5.82 Å². The third-order valence-corrected chi connectivity index (χ3v) is 5.08. The van der Waals surface area contributed by atoms with Gasteiger partial charge in [-0.15, -0.1) is 10.2 Å². The highest BCUT2D eigenvalue weighted by atomic mass is 16.3. The van der Waals surface area contributed by atoms with E-state index in [1.165, 1.54) is 0 Å². The molecule has 1 unspecified atom stereocenters. The molecule has 0 bridgehead atoms. The lowest BCUT2D eigenvalue weighted by Gasteiger charge is -2.33. The number of carbonyl (C=O) groups is 1. The number of carbonyl (C=O) groups excluding carboxylic acids is 1. The second-order valence-electron chi connectivity index (χ2n) is 7.34. The number of rotatable bonds is 10. The van der Waals surface area contributed by atoms with Crippen LogP contribution in [-0.2, 0) is 17.6 Å². The lowest BCUT2D eigenvalue weighted by molar-refractivity contribution is -0.134. The van der Waals surface area contributed by atoms with Crippen molar-refractivity contribution in [1.29, 1.82) is 0 Å². The molecular formula is C22H29N5O2. The van der Waals surface area contributed by atoms with E-state index in [-0.39, 0.29) is 11.9 Å². The Labute approximate surface area is 171 Å². The van der Waals surface area contributed by atoms with Crippen molar-refractivity contribution in [3.8, 4) is 0 Å². The fourth-order valence-corrected chi connectivity index (χ4v) is 3.54. The summed E-state index contributed by atoms with van der Waals surface area (Å²) in [5, 5.41) is 24.2. The molecule has 3 rings (SSSR count). The molecule has 2 atom stereocenters. The van der Waals surface area contributed by atoms with Gasteiger partial charge in [0.25, 0.3) is 0 Å². The van der Waals surface area contributed by atoms with Gasteiger partial charge in [-0.1, -0.05) is 59.8 Å². The minimum Gasteiger partial charge on any atom is -0.389 e. The van der Waals surface area contributed by atoms with Crippen LogP contribution in [0, 0.1) is 0 Å². The Hall–Kier alpha value is -2.80. The van der Waals surface area contributed by atoms with Crippen molar-refractivity contribution >= 4 is 5.91 Å². The normalized spacial score (nSPS) is 18.7. The number of likely N-dealkylation sites (tertiary alicyclic amines) is 1.